The number of Topliss-reactive ketones (excluding diaryl/α,β-unsaturated/α-hetero) is 4. The van der Waals surface area contributed by atoms with Gasteiger partial charge in [-0.2, -0.15) is 36.0 Å². The van der Waals surface area contributed by atoms with Gasteiger partial charge in [0.1, 0.15) is 56.4 Å². The second-order valence-corrected chi connectivity index (χ2v) is 12.7. The van der Waals surface area contributed by atoms with Crippen LogP contribution in [0.15, 0.2) is 35.4 Å². The predicted molar refractivity (Wildman–Crippen MR) is 170 cm³/mol. The third-order valence-corrected chi connectivity index (χ3v) is 10.1. The number of aromatic nitrogens is 5. The van der Waals surface area contributed by atoms with Crippen LogP contribution in [0.5, 0.6) is 0 Å². The molecule has 8 rings (SSSR count). The van der Waals surface area contributed by atoms with Gasteiger partial charge in [-0.3, -0.25) is 19.2 Å². The first kappa shape index (κ1) is 28.4. The molecule has 6 aromatic rings. The minimum atomic E-state index is -0.590. The van der Waals surface area contributed by atoms with E-state index in [0.29, 0.717) is 41.5 Å². The Morgan fingerprint density at radius 1 is 0.562 bits per heavy atom. The SMILES string of the molecule is Cn1nc2c(n1)c1nc(C=C3C(=O)c4cc(C#N)c(C#N)cc4C3=O)sc1c1sc(C=C3C(=O)c4cc(C#N)c(C#N)cc4C3=O)nc21. The number of fused-ring (bicyclic) bond motifs is 8. The minimum Gasteiger partial charge on any atom is -0.288 e. The van der Waals surface area contributed by atoms with Crippen LogP contribution in [0.2, 0.25) is 0 Å². The smallest absolute Gasteiger partial charge is 0.197 e. The fraction of sp³-hybridized carbons (Fsp3) is 0.0303. The predicted octanol–water partition coefficient (Wildman–Crippen LogP) is 4.60. The van der Waals surface area contributed by atoms with E-state index in [0.717, 1.165) is 0 Å². The molecule has 0 radical (unpaired) electrons. The van der Waals surface area contributed by atoms with Gasteiger partial charge in [-0.05, 0) is 36.4 Å². The van der Waals surface area contributed by atoms with Crippen molar-refractivity contribution in [1.29, 1.82) is 21.0 Å². The molecular weight excluding hydrogens is 651 g/mol. The van der Waals surface area contributed by atoms with Gasteiger partial charge < -0.3 is 0 Å². The summed E-state index contributed by atoms with van der Waals surface area (Å²) < 4.78 is 1.23. The number of ketones is 4. The Hall–Kier alpha value is -7.04. The molecule has 0 N–H and O–H groups in total. The van der Waals surface area contributed by atoms with Gasteiger partial charge in [0.05, 0.1) is 42.8 Å². The maximum absolute atomic E-state index is 13.3. The number of nitriles is 4. The van der Waals surface area contributed by atoms with Crippen LogP contribution in [0.25, 0.3) is 43.6 Å². The molecule has 3 aromatic carbocycles. The second kappa shape index (κ2) is 9.98. The van der Waals surface area contributed by atoms with E-state index in [1.165, 1.54) is 63.9 Å². The molecule has 48 heavy (non-hydrogen) atoms. The van der Waals surface area contributed by atoms with E-state index in [4.69, 9.17) is 0 Å². The van der Waals surface area contributed by atoms with E-state index in [1.807, 2.05) is 24.3 Å². The molecule has 15 heteroatoms. The Labute approximate surface area is 275 Å². The van der Waals surface area contributed by atoms with Crippen LogP contribution in [0.1, 0.15) is 73.7 Å². The van der Waals surface area contributed by atoms with Crippen LogP contribution in [-0.4, -0.2) is 48.1 Å². The van der Waals surface area contributed by atoms with Crippen molar-refractivity contribution in [2.75, 3.05) is 0 Å². The molecule has 0 aliphatic heterocycles. The van der Waals surface area contributed by atoms with Gasteiger partial charge in [0, 0.05) is 29.3 Å². The van der Waals surface area contributed by atoms with Crippen LogP contribution in [0.4, 0.5) is 0 Å². The third-order valence-electron chi connectivity index (χ3n) is 7.95. The lowest BCUT2D eigenvalue weighted by Gasteiger charge is -1.98. The number of allylic oxidation sites excluding steroid dienone is 2. The number of benzene rings is 3. The molecule has 3 aromatic heterocycles. The topological polar surface area (TPSA) is 220 Å². The molecule has 0 bridgehead atoms. The highest BCUT2D eigenvalue weighted by Crippen LogP contribution is 2.41. The summed E-state index contributed by atoms with van der Waals surface area (Å²) in [6.45, 7) is 0. The van der Waals surface area contributed by atoms with Crippen molar-refractivity contribution in [3.63, 3.8) is 0 Å². The van der Waals surface area contributed by atoms with E-state index in [-0.39, 0.29) is 55.7 Å². The molecule has 0 spiro atoms. The Bertz CT molecular complexity index is 2570. The molecule has 13 nitrogen and oxygen atoms in total. The fourth-order valence-corrected chi connectivity index (χ4v) is 7.92. The molecule has 222 valence electrons. The van der Waals surface area contributed by atoms with Crippen LogP contribution >= 0.6 is 22.7 Å². The minimum absolute atomic E-state index is 0.00855. The third kappa shape index (κ3) is 3.84. The number of rotatable bonds is 2. The van der Waals surface area contributed by atoms with Gasteiger partial charge in [0.15, 0.2) is 23.1 Å². The van der Waals surface area contributed by atoms with E-state index in [2.05, 4.69) is 20.2 Å². The average molecular weight is 660 g/mol. The monoisotopic (exact) mass is 659 g/mol. The normalized spacial score (nSPS) is 13.5. The Balaban J connectivity index is 1.26. The number of nitrogens with zero attached hydrogens (tertiary/aromatic N) is 9. The average Bonchev–Trinajstić information content (AvgIpc) is 3.89. The highest BCUT2D eigenvalue weighted by molar-refractivity contribution is 7.27. The van der Waals surface area contributed by atoms with Gasteiger partial charge in [-0.25, -0.2) is 9.97 Å². The quantitative estimate of drug-likeness (QED) is 0.184. The highest BCUT2D eigenvalue weighted by atomic mass is 32.1. The van der Waals surface area contributed by atoms with Crippen molar-refractivity contribution in [1.82, 2.24) is 25.0 Å². The summed E-state index contributed by atoms with van der Waals surface area (Å²) in [5.41, 5.74) is 1.46. The summed E-state index contributed by atoms with van der Waals surface area (Å²) in [6, 6.07) is 12.5. The van der Waals surface area contributed by atoms with Crippen molar-refractivity contribution in [2.24, 2.45) is 7.05 Å². The Kier molecular flexibility index (Phi) is 5.91. The molecule has 0 saturated carbocycles. The van der Waals surface area contributed by atoms with Gasteiger partial charge in [-0.15, -0.1) is 22.7 Å². The Morgan fingerprint density at radius 3 is 1.17 bits per heavy atom. The lowest BCUT2D eigenvalue weighted by Crippen LogP contribution is -2.00. The summed E-state index contributed by atoms with van der Waals surface area (Å²) >= 11 is 2.34. The zero-order valence-electron chi connectivity index (χ0n) is 23.9. The molecule has 3 heterocycles. The summed E-state index contributed by atoms with van der Waals surface area (Å²) in [4.78, 5) is 63.8. The summed E-state index contributed by atoms with van der Waals surface area (Å²) in [7, 11) is 1.62. The van der Waals surface area contributed by atoms with E-state index in [1.54, 1.807) is 7.05 Å². The van der Waals surface area contributed by atoms with Crippen molar-refractivity contribution in [2.45, 2.75) is 0 Å². The van der Waals surface area contributed by atoms with E-state index < -0.39 is 23.1 Å². The van der Waals surface area contributed by atoms with E-state index >= 15 is 0 Å². The standard InChI is InChI=1S/C33H9N9O4S2/c1-42-40-24-25(41-42)27-33(48-23(39-27)7-21-30(45)18-4-14(10-36)15(11-37)5-19(18)31(21)46)32-26(24)38-22(47-32)6-20-28(43)16-2-12(8-34)13(9-35)3-17(16)29(20)44/h2-7H,1H3. The van der Waals surface area contributed by atoms with Crippen LogP contribution < -0.4 is 0 Å². The van der Waals surface area contributed by atoms with E-state index in [9.17, 15) is 40.2 Å². The van der Waals surface area contributed by atoms with Crippen LogP contribution in [0, 0.1) is 45.3 Å². The van der Waals surface area contributed by atoms with Gasteiger partial charge in [0.25, 0.3) is 0 Å². The largest absolute Gasteiger partial charge is 0.288 e. The molecular formula is C33H9N9O4S2. The second-order valence-electron chi connectivity index (χ2n) is 10.6. The summed E-state index contributed by atoms with van der Waals surface area (Å²) in [5, 5.41) is 47.1. The first-order valence-electron chi connectivity index (χ1n) is 13.7. The van der Waals surface area contributed by atoms with Crippen molar-refractivity contribution in [3.05, 3.63) is 89.9 Å². The molecule has 0 unspecified atom stereocenters. The summed E-state index contributed by atoms with van der Waals surface area (Å²) in [6.07, 6.45) is 2.73. The maximum atomic E-state index is 13.3. The number of carbonyl (C=O) groups is 4. The molecule has 2 aliphatic rings. The van der Waals surface area contributed by atoms with Crippen molar-refractivity contribution >= 4 is 89.4 Å². The molecule has 0 atom stereocenters. The van der Waals surface area contributed by atoms with Crippen molar-refractivity contribution in [3.8, 4) is 24.3 Å². The number of hydrogen-bond acceptors (Lipinski definition) is 14. The summed E-state index contributed by atoms with van der Waals surface area (Å²) in [5.74, 6) is -2.36. The zero-order chi connectivity index (χ0) is 33.6. The lowest BCUT2D eigenvalue weighted by atomic mass is 10.0. The van der Waals surface area contributed by atoms with Gasteiger partial charge >= 0.3 is 0 Å². The number of aryl methyl sites for hydroxylation is 1. The van der Waals surface area contributed by atoms with Crippen LogP contribution in [-0.2, 0) is 7.05 Å². The molecule has 0 saturated heterocycles. The van der Waals surface area contributed by atoms with Gasteiger partial charge in [-0.1, -0.05) is 0 Å². The first-order valence-corrected chi connectivity index (χ1v) is 15.3. The van der Waals surface area contributed by atoms with Crippen LogP contribution in [0.3, 0.4) is 0 Å². The molecule has 0 fully saturated rings. The van der Waals surface area contributed by atoms with Crippen molar-refractivity contribution < 1.29 is 19.2 Å². The lowest BCUT2D eigenvalue weighted by molar-refractivity contribution is 0.0975. The van der Waals surface area contributed by atoms with Gasteiger partial charge in [0.2, 0.25) is 0 Å². The highest BCUT2D eigenvalue weighted by Gasteiger charge is 2.36. The number of hydrogen-bond donors (Lipinski definition) is 0. The molecule has 0 amide bonds. The Morgan fingerprint density at radius 2 is 0.875 bits per heavy atom. The number of thiazole rings is 2. The number of carbonyl (C=O) groups excluding carboxylic acids is 4. The fourth-order valence-electron chi connectivity index (χ4n) is 5.77. The molecule has 2 aliphatic carbocycles. The zero-order valence-corrected chi connectivity index (χ0v) is 25.6. The first-order chi connectivity index (χ1) is 23.1. The maximum Gasteiger partial charge on any atom is 0.197 e.